The van der Waals surface area contributed by atoms with Gasteiger partial charge in [0.1, 0.15) is 0 Å². The van der Waals surface area contributed by atoms with Gasteiger partial charge in [-0.15, -0.1) is 0 Å². The van der Waals surface area contributed by atoms with Crippen molar-refractivity contribution in [2.24, 2.45) is 5.73 Å². The van der Waals surface area contributed by atoms with Crippen LogP contribution in [0.25, 0.3) is 0 Å². The maximum Gasteiger partial charge on any atom is 0.165 e. The third-order valence-corrected chi connectivity index (χ3v) is 5.52. The van der Waals surface area contributed by atoms with Crippen LogP contribution in [0.5, 0.6) is 11.5 Å². The summed E-state index contributed by atoms with van der Waals surface area (Å²) in [4.78, 5) is 5.01. The minimum absolute atomic E-state index is 0.690. The fraction of sp³-hybridized carbons (Fsp3) is 0.500. The highest BCUT2D eigenvalue weighted by Crippen LogP contribution is 2.32. The molecule has 0 radical (unpaired) electrons. The normalized spacial score (nSPS) is 15.4. The Bertz CT molecular complexity index is 715. The molecule has 0 saturated carbocycles. The molecular weight excluding hydrogens is 362 g/mol. The van der Waals surface area contributed by atoms with E-state index >= 15 is 0 Å². The number of ether oxygens (including phenoxy) is 2. The Morgan fingerprint density at radius 3 is 2.38 bits per heavy atom. The maximum absolute atomic E-state index is 6.22. The number of rotatable bonds is 11. The van der Waals surface area contributed by atoms with Crippen LogP contribution in [0.15, 0.2) is 48.5 Å². The number of hydrogen-bond donors (Lipinski definition) is 1. The fourth-order valence-corrected chi connectivity index (χ4v) is 3.83. The molecule has 2 aromatic carbocycles. The first kappa shape index (κ1) is 21.6. The zero-order chi connectivity index (χ0) is 20.3. The van der Waals surface area contributed by atoms with Gasteiger partial charge in [-0.1, -0.05) is 42.5 Å². The molecule has 0 bridgehead atoms. The Kier molecular flexibility index (Phi) is 8.81. The molecule has 2 N–H and O–H groups in total. The summed E-state index contributed by atoms with van der Waals surface area (Å²) in [6, 6.07) is 16.8. The first-order valence-corrected chi connectivity index (χ1v) is 10.8. The molecule has 1 fully saturated rings. The summed E-state index contributed by atoms with van der Waals surface area (Å²) < 4.78 is 11.8. The predicted molar refractivity (Wildman–Crippen MR) is 119 cm³/mol. The van der Waals surface area contributed by atoms with Crippen molar-refractivity contribution in [1.82, 2.24) is 9.80 Å². The van der Waals surface area contributed by atoms with Crippen molar-refractivity contribution in [3.8, 4) is 11.5 Å². The number of methoxy groups -OCH3 is 1. The van der Waals surface area contributed by atoms with E-state index in [1.807, 2.05) is 6.07 Å². The molecule has 5 nitrogen and oxygen atoms in total. The number of piperazine rings is 1. The van der Waals surface area contributed by atoms with Gasteiger partial charge < -0.3 is 20.1 Å². The lowest BCUT2D eigenvalue weighted by molar-refractivity contribution is 0.125. The second-order valence-electron chi connectivity index (χ2n) is 7.65. The summed E-state index contributed by atoms with van der Waals surface area (Å²) in [5.41, 5.74) is 8.20. The van der Waals surface area contributed by atoms with E-state index in [1.165, 1.54) is 11.1 Å². The first-order valence-electron chi connectivity index (χ1n) is 10.8. The minimum Gasteiger partial charge on any atom is -0.493 e. The quantitative estimate of drug-likeness (QED) is 0.590. The van der Waals surface area contributed by atoms with Crippen molar-refractivity contribution in [3.05, 3.63) is 59.7 Å². The Hall–Kier alpha value is -2.08. The van der Waals surface area contributed by atoms with Crippen molar-refractivity contribution in [2.75, 3.05) is 53.0 Å². The predicted octanol–water partition coefficient (Wildman–Crippen LogP) is 3.17. The number of benzene rings is 2. The fourth-order valence-electron chi connectivity index (χ4n) is 3.83. The molecule has 1 saturated heterocycles. The molecule has 1 aliphatic rings. The minimum atomic E-state index is 0.690. The van der Waals surface area contributed by atoms with Crippen LogP contribution in [0.2, 0.25) is 0 Å². The number of aryl methyl sites for hydroxylation is 1. The van der Waals surface area contributed by atoms with Crippen LogP contribution in [0.1, 0.15) is 24.0 Å². The second-order valence-corrected chi connectivity index (χ2v) is 7.65. The van der Waals surface area contributed by atoms with E-state index in [0.717, 1.165) is 76.6 Å². The van der Waals surface area contributed by atoms with Gasteiger partial charge in [-0.2, -0.15) is 0 Å². The summed E-state index contributed by atoms with van der Waals surface area (Å²) in [5, 5.41) is 0. The van der Waals surface area contributed by atoms with E-state index in [-0.39, 0.29) is 0 Å². The largest absolute Gasteiger partial charge is 0.493 e. The van der Waals surface area contributed by atoms with Gasteiger partial charge >= 0.3 is 0 Å². The molecule has 0 spiro atoms. The molecule has 0 amide bonds. The highest BCUT2D eigenvalue weighted by atomic mass is 16.5. The van der Waals surface area contributed by atoms with Gasteiger partial charge in [0.15, 0.2) is 11.5 Å². The molecule has 1 heterocycles. The Labute approximate surface area is 175 Å². The lowest BCUT2D eigenvalue weighted by atomic mass is 10.1. The molecule has 158 valence electrons. The lowest BCUT2D eigenvalue weighted by Crippen LogP contribution is -2.46. The van der Waals surface area contributed by atoms with Crippen LogP contribution in [-0.4, -0.2) is 62.8 Å². The highest BCUT2D eigenvalue weighted by molar-refractivity contribution is 5.46. The first-order chi connectivity index (χ1) is 14.3. The van der Waals surface area contributed by atoms with E-state index in [2.05, 4.69) is 52.3 Å². The van der Waals surface area contributed by atoms with Crippen molar-refractivity contribution < 1.29 is 9.47 Å². The van der Waals surface area contributed by atoms with Crippen molar-refractivity contribution in [2.45, 2.75) is 25.8 Å². The van der Waals surface area contributed by atoms with Gasteiger partial charge in [0.25, 0.3) is 0 Å². The van der Waals surface area contributed by atoms with Gasteiger partial charge in [-0.25, -0.2) is 0 Å². The molecule has 29 heavy (non-hydrogen) atoms. The lowest BCUT2D eigenvalue weighted by Gasteiger charge is -2.35. The Balaban J connectivity index is 1.53. The van der Waals surface area contributed by atoms with E-state index in [1.54, 1.807) is 7.11 Å². The van der Waals surface area contributed by atoms with Crippen LogP contribution < -0.4 is 15.2 Å². The maximum atomic E-state index is 6.22. The van der Waals surface area contributed by atoms with Gasteiger partial charge in [-0.3, -0.25) is 4.90 Å². The van der Waals surface area contributed by atoms with Crippen molar-refractivity contribution >= 4 is 0 Å². The van der Waals surface area contributed by atoms with E-state index in [9.17, 15) is 0 Å². The highest BCUT2D eigenvalue weighted by Gasteiger charge is 2.19. The number of hydrogen-bond acceptors (Lipinski definition) is 5. The van der Waals surface area contributed by atoms with Gasteiger partial charge in [-0.05, 0) is 44.0 Å². The molecule has 0 aromatic heterocycles. The van der Waals surface area contributed by atoms with Gasteiger partial charge in [0, 0.05) is 38.3 Å². The molecule has 1 aliphatic heterocycles. The Morgan fingerprint density at radius 1 is 0.897 bits per heavy atom. The van der Waals surface area contributed by atoms with E-state index < -0.39 is 0 Å². The van der Waals surface area contributed by atoms with E-state index in [4.69, 9.17) is 15.2 Å². The van der Waals surface area contributed by atoms with Crippen LogP contribution in [0.3, 0.4) is 0 Å². The van der Waals surface area contributed by atoms with E-state index in [0.29, 0.717) is 6.61 Å². The summed E-state index contributed by atoms with van der Waals surface area (Å²) in [6.07, 6.45) is 3.09. The monoisotopic (exact) mass is 397 g/mol. The Morgan fingerprint density at radius 2 is 1.66 bits per heavy atom. The standard InChI is InChI=1S/C24H35N3O2/c1-28-23-12-5-11-22(20-27-17-15-26(16-18-27)14-7-13-25)24(23)29-19-6-10-21-8-3-2-4-9-21/h2-5,8-9,11-12H,6-7,10,13-20,25H2,1H3. The summed E-state index contributed by atoms with van der Waals surface area (Å²) in [5.74, 6) is 1.72. The van der Waals surface area contributed by atoms with Crippen molar-refractivity contribution in [3.63, 3.8) is 0 Å². The molecule has 0 aliphatic carbocycles. The van der Waals surface area contributed by atoms with Crippen LogP contribution in [-0.2, 0) is 13.0 Å². The molecule has 3 rings (SSSR count). The SMILES string of the molecule is COc1cccc(CN2CCN(CCCN)CC2)c1OCCCc1ccccc1. The zero-order valence-electron chi connectivity index (χ0n) is 17.7. The summed E-state index contributed by atoms with van der Waals surface area (Å²) in [6.45, 7) is 7.85. The van der Waals surface area contributed by atoms with Gasteiger partial charge in [0.2, 0.25) is 0 Å². The molecular formula is C24H35N3O2. The van der Waals surface area contributed by atoms with Crippen LogP contribution in [0, 0.1) is 0 Å². The number of nitrogens with two attached hydrogens (primary N) is 1. The third-order valence-electron chi connectivity index (χ3n) is 5.52. The smallest absolute Gasteiger partial charge is 0.165 e. The molecule has 2 aromatic rings. The molecule has 0 unspecified atom stereocenters. The van der Waals surface area contributed by atoms with Crippen molar-refractivity contribution in [1.29, 1.82) is 0 Å². The average Bonchev–Trinajstić information content (AvgIpc) is 2.77. The van der Waals surface area contributed by atoms with Crippen LogP contribution in [0.4, 0.5) is 0 Å². The second kappa shape index (κ2) is 11.8. The summed E-state index contributed by atoms with van der Waals surface area (Å²) in [7, 11) is 1.71. The van der Waals surface area contributed by atoms with Gasteiger partial charge in [0.05, 0.1) is 13.7 Å². The zero-order valence-corrected chi connectivity index (χ0v) is 17.7. The van der Waals surface area contributed by atoms with Crippen LogP contribution >= 0.6 is 0 Å². The number of para-hydroxylation sites is 1. The third kappa shape index (κ3) is 6.74. The summed E-state index contributed by atoms with van der Waals surface area (Å²) >= 11 is 0. The molecule has 0 atom stereocenters. The average molecular weight is 398 g/mol. The molecule has 5 heteroatoms. The topological polar surface area (TPSA) is 51.0 Å². The number of nitrogens with zero attached hydrogens (tertiary/aromatic N) is 2.